The normalized spacial score (nSPS) is 17.9. The van der Waals surface area contributed by atoms with E-state index < -0.39 is 0 Å². The number of nitrogens with one attached hydrogen (secondary N) is 1. The van der Waals surface area contributed by atoms with Crippen LogP contribution in [0.5, 0.6) is 0 Å². The van der Waals surface area contributed by atoms with Gasteiger partial charge in [-0.1, -0.05) is 37.4 Å². The van der Waals surface area contributed by atoms with Gasteiger partial charge in [-0.3, -0.25) is 4.79 Å². The van der Waals surface area contributed by atoms with Gasteiger partial charge in [-0.15, -0.1) is 0 Å². The largest absolute Gasteiger partial charge is 0.356 e. The minimum Gasteiger partial charge on any atom is -0.356 e. The van der Waals surface area contributed by atoms with Crippen molar-refractivity contribution in [2.75, 3.05) is 30.8 Å². The van der Waals surface area contributed by atoms with Gasteiger partial charge < -0.3 is 10.2 Å². The molecule has 1 aliphatic heterocycles. The zero-order valence-electron chi connectivity index (χ0n) is 17.4. The molecule has 1 amide bonds. The first-order valence-electron chi connectivity index (χ1n) is 11.0. The molecule has 4 rings (SSSR count). The molecule has 1 aliphatic carbocycles. The topological polar surface area (TPSA) is 75.9 Å². The van der Waals surface area contributed by atoms with Gasteiger partial charge in [0.2, 0.25) is 5.91 Å². The van der Waals surface area contributed by atoms with Gasteiger partial charge in [0.05, 0.1) is 18.1 Å². The second-order valence-electron chi connectivity index (χ2n) is 8.23. The van der Waals surface area contributed by atoms with Crippen LogP contribution in [0.2, 0.25) is 0 Å². The highest BCUT2D eigenvalue weighted by molar-refractivity contribution is 7.98. The van der Waals surface area contributed by atoms with Gasteiger partial charge in [-0.25, -0.2) is 14.6 Å². The fraction of sp³-hybridized carbons (Fsp3) is 0.714. The summed E-state index contributed by atoms with van der Waals surface area (Å²) in [5.74, 6) is 1.92. The average Bonchev–Trinajstić information content (AvgIpc) is 3.42. The van der Waals surface area contributed by atoms with Crippen molar-refractivity contribution in [3.63, 3.8) is 0 Å². The maximum atomic E-state index is 12.2. The van der Waals surface area contributed by atoms with Crippen LogP contribution in [0.15, 0.2) is 11.4 Å². The lowest BCUT2D eigenvalue weighted by atomic mass is 10.0. The van der Waals surface area contributed by atoms with E-state index in [2.05, 4.69) is 15.3 Å². The number of anilines is 1. The molecule has 0 radical (unpaired) electrons. The minimum atomic E-state index is 0.154. The van der Waals surface area contributed by atoms with Crippen molar-refractivity contribution in [3.8, 4) is 0 Å². The molecule has 7 nitrogen and oxygen atoms in total. The van der Waals surface area contributed by atoms with Crippen LogP contribution in [-0.4, -0.2) is 51.5 Å². The minimum absolute atomic E-state index is 0.154. The standard InChI is InChI=1S/C21H32N6OS/c1-29-21-24-19(26-12-5-2-6-13-26)17-15-23-27(20(17)25-21)14-11-22-18(28)10-9-16-7-3-4-8-16/h15-16H,2-14H2,1H3,(H,22,28). The van der Waals surface area contributed by atoms with E-state index in [1.54, 1.807) is 11.8 Å². The number of nitrogens with zero attached hydrogens (tertiary/aromatic N) is 5. The van der Waals surface area contributed by atoms with Gasteiger partial charge in [0.15, 0.2) is 10.8 Å². The van der Waals surface area contributed by atoms with E-state index in [4.69, 9.17) is 9.97 Å². The molecular weight excluding hydrogens is 384 g/mol. The lowest BCUT2D eigenvalue weighted by molar-refractivity contribution is -0.121. The van der Waals surface area contributed by atoms with Crippen molar-refractivity contribution in [1.82, 2.24) is 25.1 Å². The monoisotopic (exact) mass is 416 g/mol. The smallest absolute Gasteiger partial charge is 0.220 e. The predicted octanol–water partition coefficient (Wildman–Crippen LogP) is 3.63. The number of carbonyl (C=O) groups excluding carboxylic acids is 1. The summed E-state index contributed by atoms with van der Waals surface area (Å²) in [6.07, 6.45) is 14.5. The van der Waals surface area contributed by atoms with Crippen LogP contribution in [0.3, 0.4) is 0 Å². The molecule has 1 saturated heterocycles. The molecular formula is C21H32N6OS. The molecule has 2 aromatic rings. The summed E-state index contributed by atoms with van der Waals surface area (Å²) in [7, 11) is 0. The van der Waals surface area contributed by atoms with Crippen LogP contribution in [-0.2, 0) is 11.3 Å². The maximum absolute atomic E-state index is 12.2. The summed E-state index contributed by atoms with van der Waals surface area (Å²) in [6, 6.07) is 0. The fourth-order valence-electron chi connectivity index (χ4n) is 4.55. The van der Waals surface area contributed by atoms with Crippen LogP contribution >= 0.6 is 11.8 Å². The van der Waals surface area contributed by atoms with Crippen molar-refractivity contribution in [2.45, 2.75) is 69.5 Å². The van der Waals surface area contributed by atoms with Crippen molar-refractivity contribution < 1.29 is 4.79 Å². The summed E-state index contributed by atoms with van der Waals surface area (Å²) in [5.41, 5.74) is 0.866. The molecule has 158 valence electrons. The Morgan fingerprint density at radius 2 is 1.97 bits per heavy atom. The highest BCUT2D eigenvalue weighted by Crippen LogP contribution is 2.29. The van der Waals surface area contributed by atoms with Crippen molar-refractivity contribution in [2.24, 2.45) is 5.92 Å². The quantitative estimate of drug-likeness (QED) is 0.523. The second-order valence-corrected chi connectivity index (χ2v) is 9.00. The van der Waals surface area contributed by atoms with E-state index >= 15 is 0 Å². The molecule has 2 fully saturated rings. The van der Waals surface area contributed by atoms with Gasteiger partial charge in [-0.05, 0) is 37.9 Å². The number of fused-ring (bicyclic) bond motifs is 1. The van der Waals surface area contributed by atoms with Crippen LogP contribution in [0.25, 0.3) is 11.0 Å². The van der Waals surface area contributed by atoms with Gasteiger partial charge in [-0.2, -0.15) is 5.10 Å². The molecule has 2 aliphatic rings. The van der Waals surface area contributed by atoms with Crippen molar-refractivity contribution >= 4 is 34.5 Å². The zero-order chi connectivity index (χ0) is 20.1. The van der Waals surface area contributed by atoms with Gasteiger partial charge >= 0.3 is 0 Å². The number of amides is 1. The second kappa shape index (κ2) is 9.78. The Morgan fingerprint density at radius 1 is 1.17 bits per heavy atom. The van der Waals surface area contributed by atoms with E-state index in [0.29, 0.717) is 19.5 Å². The van der Waals surface area contributed by atoms with Crippen molar-refractivity contribution in [1.29, 1.82) is 0 Å². The molecule has 8 heteroatoms. The van der Waals surface area contributed by atoms with E-state index in [1.807, 2.05) is 17.1 Å². The molecule has 0 spiro atoms. The third kappa shape index (κ3) is 5.02. The summed E-state index contributed by atoms with van der Waals surface area (Å²) in [5, 5.41) is 9.41. The Hall–Kier alpha value is -1.83. The van der Waals surface area contributed by atoms with Crippen LogP contribution in [0, 0.1) is 5.92 Å². The molecule has 1 saturated carbocycles. The number of hydrogen-bond donors (Lipinski definition) is 1. The number of aromatic nitrogens is 4. The van der Waals surface area contributed by atoms with E-state index in [9.17, 15) is 4.79 Å². The molecule has 0 unspecified atom stereocenters. The summed E-state index contributed by atoms with van der Waals surface area (Å²) in [6.45, 7) is 3.30. The van der Waals surface area contributed by atoms with Crippen LogP contribution in [0.1, 0.15) is 57.8 Å². The third-order valence-corrected chi connectivity index (χ3v) is 6.74. The maximum Gasteiger partial charge on any atom is 0.220 e. The first-order valence-corrected chi connectivity index (χ1v) is 12.3. The highest BCUT2D eigenvalue weighted by Gasteiger charge is 2.20. The van der Waals surface area contributed by atoms with Gasteiger partial charge in [0, 0.05) is 26.1 Å². The molecule has 0 bridgehead atoms. The highest BCUT2D eigenvalue weighted by atomic mass is 32.2. The molecule has 2 aromatic heterocycles. The number of piperidine rings is 1. The molecule has 0 atom stereocenters. The Balaban J connectivity index is 1.39. The lowest BCUT2D eigenvalue weighted by Crippen LogP contribution is -2.30. The number of thioether (sulfide) groups is 1. The summed E-state index contributed by atoms with van der Waals surface area (Å²) in [4.78, 5) is 24.0. The molecule has 29 heavy (non-hydrogen) atoms. The Labute approximate surface area is 177 Å². The van der Waals surface area contributed by atoms with E-state index in [0.717, 1.165) is 47.4 Å². The van der Waals surface area contributed by atoms with E-state index in [1.165, 1.54) is 44.9 Å². The summed E-state index contributed by atoms with van der Waals surface area (Å²) >= 11 is 1.56. The predicted molar refractivity (Wildman–Crippen MR) is 117 cm³/mol. The zero-order valence-corrected chi connectivity index (χ0v) is 18.2. The first kappa shape index (κ1) is 20.4. The average molecular weight is 417 g/mol. The number of hydrogen-bond acceptors (Lipinski definition) is 6. The van der Waals surface area contributed by atoms with Crippen LogP contribution < -0.4 is 10.2 Å². The molecule has 3 heterocycles. The third-order valence-electron chi connectivity index (χ3n) is 6.19. The Kier molecular flexibility index (Phi) is 6.90. The SMILES string of the molecule is CSc1nc(N2CCCCC2)c2cnn(CCNC(=O)CCC3CCCC3)c2n1. The van der Waals surface area contributed by atoms with Gasteiger partial charge in [0.25, 0.3) is 0 Å². The molecule has 1 N–H and O–H groups in total. The Morgan fingerprint density at radius 3 is 2.72 bits per heavy atom. The Bertz CT molecular complexity index is 826. The molecule has 0 aromatic carbocycles. The number of carbonyl (C=O) groups is 1. The van der Waals surface area contributed by atoms with Gasteiger partial charge in [0.1, 0.15) is 5.82 Å². The van der Waals surface area contributed by atoms with Crippen molar-refractivity contribution in [3.05, 3.63) is 6.20 Å². The fourth-order valence-corrected chi connectivity index (χ4v) is 4.90. The lowest BCUT2D eigenvalue weighted by Gasteiger charge is -2.28. The summed E-state index contributed by atoms with van der Waals surface area (Å²) < 4.78 is 1.90. The van der Waals surface area contributed by atoms with Crippen LogP contribution in [0.4, 0.5) is 5.82 Å². The van der Waals surface area contributed by atoms with E-state index in [-0.39, 0.29) is 5.91 Å². The first-order chi connectivity index (χ1) is 14.2. The number of rotatable bonds is 8.